The largest absolute Gasteiger partial charge is 0.388 e. The maximum atomic E-state index is 3.80. The highest BCUT2D eigenvalue weighted by molar-refractivity contribution is 5.66. The number of benzene rings is 1. The van der Waals surface area contributed by atoms with Gasteiger partial charge in [-0.15, -0.1) is 0 Å². The van der Waals surface area contributed by atoms with Gasteiger partial charge in [-0.05, 0) is 29.2 Å². The second-order valence-corrected chi connectivity index (χ2v) is 3.46. The quantitative estimate of drug-likeness (QED) is 0.741. The standard InChI is InChI=1S/C12H17N.H2/c1-5-10-8-11(9(2)3)6-7-12(10)13-4;/h5-9,13H,1H2,2-4H3;1H. The van der Waals surface area contributed by atoms with E-state index in [0.717, 1.165) is 5.69 Å². The minimum absolute atomic E-state index is 0. The van der Waals surface area contributed by atoms with Crippen LogP contribution in [-0.2, 0) is 0 Å². The van der Waals surface area contributed by atoms with Crippen LogP contribution in [0.3, 0.4) is 0 Å². The SMILES string of the molecule is C=Cc1cc(C(C)C)ccc1NC.[HH]. The Bertz CT molecular complexity index is 305. The van der Waals surface area contributed by atoms with E-state index in [0.29, 0.717) is 5.92 Å². The third-order valence-corrected chi connectivity index (χ3v) is 2.23. The van der Waals surface area contributed by atoms with Gasteiger partial charge in [0.2, 0.25) is 0 Å². The van der Waals surface area contributed by atoms with Crippen molar-refractivity contribution in [3.63, 3.8) is 0 Å². The minimum Gasteiger partial charge on any atom is -0.388 e. The average molecular weight is 177 g/mol. The van der Waals surface area contributed by atoms with Gasteiger partial charge in [-0.1, -0.05) is 32.6 Å². The molecule has 0 spiro atoms. The molecule has 1 nitrogen and oxygen atoms in total. The van der Waals surface area contributed by atoms with Crippen molar-refractivity contribution in [1.29, 1.82) is 0 Å². The van der Waals surface area contributed by atoms with E-state index < -0.39 is 0 Å². The van der Waals surface area contributed by atoms with Crippen LogP contribution in [0, 0.1) is 0 Å². The zero-order chi connectivity index (χ0) is 9.84. The van der Waals surface area contributed by atoms with Gasteiger partial charge in [0.05, 0.1) is 0 Å². The van der Waals surface area contributed by atoms with Crippen LogP contribution >= 0.6 is 0 Å². The number of hydrogen-bond acceptors (Lipinski definition) is 1. The highest BCUT2D eigenvalue weighted by atomic mass is 14.8. The molecule has 0 bridgehead atoms. The number of anilines is 1. The van der Waals surface area contributed by atoms with E-state index in [2.05, 4.69) is 43.9 Å². The molecule has 0 saturated heterocycles. The van der Waals surface area contributed by atoms with Crippen molar-refractivity contribution in [2.24, 2.45) is 0 Å². The molecule has 0 heterocycles. The summed E-state index contributed by atoms with van der Waals surface area (Å²) in [6.45, 7) is 8.19. The van der Waals surface area contributed by atoms with Crippen molar-refractivity contribution in [3.8, 4) is 0 Å². The second kappa shape index (κ2) is 4.13. The van der Waals surface area contributed by atoms with Gasteiger partial charge in [-0.2, -0.15) is 0 Å². The number of rotatable bonds is 3. The van der Waals surface area contributed by atoms with Crippen LogP contribution in [0.25, 0.3) is 6.08 Å². The van der Waals surface area contributed by atoms with E-state index in [4.69, 9.17) is 0 Å². The van der Waals surface area contributed by atoms with Crippen LogP contribution in [-0.4, -0.2) is 7.05 Å². The highest BCUT2D eigenvalue weighted by Gasteiger charge is 2.02. The fourth-order valence-corrected chi connectivity index (χ4v) is 1.34. The summed E-state index contributed by atoms with van der Waals surface area (Å²) in [7, 11) is 1.93. The molecule has 1 aromatic carbocycles. The molecule has 0 atom stereocenters. The molecule has 0 fully saturated rings. The van der Waals surface area contributed by atoms with E-state index >= 15 is 0 Å². The Labute approximate surface area is 82.0 Å². The van der Waals surface area contributed by atoms with Gasteiger partial charge in [0, 0.05) is 14.2 Å². The summed E-state index contributed by atoms with van der Waals surface area (Å²) in [5, 5.41) is 3.14. The van der Waals surface area contributed by atoms with Gasteiger partial charge in [0.25, 0.3) is 0 Å². The monoisotopic (exact) mass is 177 g/mol. The number of nitrogens with one attached hydrogen (secondary N) is 1. The van der Waals surface area contributed by atoms with Crippen molar-refractivity contribution < 1.29 is 1.43 Å². The molecule has 0 aromatic heterocycles. The molecule has 0 aliphatic heterocycles. The van der Waals surface area contributed by atoms with Crippen LogP contribution < -0.4 is 5.32 Å². The Balaban J connectivity index is 0.00000169. The third kappa shape index (κ3) is 2.11. The Kier molecular flexibility index (Phi) is 3.13. The van der Waals surface area contributed by atoms with Crippen molar-refractivity contribution >= 4 is 11.8 Å². The molecule has 0 aliphatic rings. The summed E-state index contributed by atoms with van der Waals surface area (Å²) in [5.74, 6) is 0.574. The fourth-order valence-electron chi connectivity index (χ4n) is 1.34. The fraction of sp³-hybridized carbons (Fsp3) is 0.333. The predicted molar refractivity (Wildman–Crippen MR) is 62.3 cm³/mol. The highest BCUT2D eigenvalue weighted by Crippen LogP contribution is 2.22. The lowest BCUT2D eigenvalue weighted by Crippen LogP contribution is -1.94. The van der Waals surface area contributed by atoms with Gasteiger partial charge in [0.15, 0.2) is 0 Å². The topological polar surface area (TPSA) is 12.0 Å². The van der Waals surface area contributed by atoms with Crippen molar-refractivity contribution in [2.45, 2.75) is 19.8 Å². The van der Waals surface area contributed by atoms with Gasteiger partial charge in [0.1, 0.15) is 0 Å². The maximum absolute atomic E-state index is 3.80. The lowest BCUT2D eigenvalue weighted by atomic mass is 10.00. The molecular weight excluding hydrogens is 158 g/mol. The van der Waals surface area contributed by atoms with Crippen LogP contribution in [0.1, 0.15) is 32.3 Å². The first-order valence-electron chi connectivity index (χ1n) is 4.63. The molecule has 0 aliphatic carbocycles. The number of hydrogen-bond donors (Lipinski definition) is 1. The summed E-state index contributed by atoms with van der Waals surface area (Å²) in [4.78, 5) is 0. The third-order valence-electron chi connectivity index (χ3n) is 2.23. The lowest BCUT2D eigenvalue weighted by molar-refractivity contribution is 0.866. The van der Waals surface area contributed by atoms with E-state index in [1.54, 1.807) is 0 Å². The molecule has 0 saturated carbocycles. The molecule has 0 unspecified atom stereocenters. The van der Waals surface area contributed by atoms with Crippen molar-refractivity contribution in [2.75, 3.05) is 12.4 Å². The van der Waals surface area contributed by atoms with Gasteiger partial charge < -0.3 is 5.32 Å². The molecule has 0 amide bonds. The zero-order valence-electron chi connectivity index (χ0n) is 8.59. The first-order chi connectivity index (χ1) is 6.19. The van der Waals surface area contributed by atoms with Crippen molar-refractivity contribution in [1.82, 2.24) is 0 Å². The Morgan fingerprint density at radius 1 is 1.46 bits per heavy atom. The molecule has 1 rings (SSSR count). The summed E-state index contributed by atoms with van der Waals surface area (Å²) < 4.78 is 0. The summed E-state index contributed by atoms with van der Waals surface area (Å²) in [5.41, 5.74) is 3.67. The van der Waals surface area contributed by atoms with E-state index in [1.807, 2.05) is 13.1 Å². The van der Waals surface area contributed by atoms with Gasteiger partial charge >= 0.3 is 0 Å². The second-order valence-electron chi connectivity index (χ2n) is 3.46. The Hall–Kier alpha value is -1.24. The van der Waals surface area contributed by atoms with E-state index in [1.165, 1.54) is 11.1 Å². The maximum Gasteiger partial charge on any atom is 0.0411 e. The van der Waals surface area contributed by atoms with Crippen LogP contribution in [0.5, 0.6) is 0 Å². The Morgan fingerprint density at radius 2 is 2.15 bits per heavy atom. The Morgan fingerprint density at radius 3 is 2.62 bits per heavy atom. The van der Waals surface area contributed by atoms with Crippen LogP contribution in [0.15, 0.2) is 24.8 Å². The molecule has 0 radical (unpaired) electrons. The van der Waals surface area contributed by atoms with Gasteiger partial charge in [-0.25, -0.2) is 0 Å². The summed E-state index contributed by atoms with van der Waals surface area (Å²) >= 11 is 0. The summed E-state index contributed by atoms with van der Waals surface area (Å²) in [6, 6.07) is 6.44. The molecule has 1 aromatic rings. The smallest absolute Gasteiger partial charge is 0.0411 e. The average Bonchev–Trinajstić information content (AvgIpc) is 2.16. The van der Waals surface area contributed by atoms with Crippen LogP contribution in [0.4, 0.5) is 5.69 Å². The first-order valence-corrected chi connectivity index (χ1v) is 4.63. The zero-order valence-corrected chi connectivity index (χ0v) is 8.59. The van der Waals surface area contributed by atoms with Crippen LogP contribution in [0.2, 0.25) is 0 Å². The van der Waals surface area contributed by atoms with E-state index in [-0.39, 0.29) is 1.43 Å². The molecule has 1 heteroatoms. The minimum atomic E-state index is 0. The molecule has 72 valence electrons. The van der Waals surface area contributed by atoms with Crippen molar-refractivity contribution in [3.05, 3.63) is 35.9 Å². The molecule has 1 N–H and O–H groups in total. The summed E-state index contributed by atoms with van der Waals surface area (Å²) in [6.07, 6.45) is 1.89. The van der Waals surface area contributed by atoms with E-state index in [9.17, 15) is 0 Å². The lowest BCUT2D eigenvalue weighted by Gasteiger charge is -2.10. The first kappa shape index (κ1) is 9.85. The normalized spacial score (nSPS) is 10.2. The predicted octanol–water partition coefficient (Wildman–Crippen LogP) is 3.74. The molecular formula is C12H19N. The van der Waals surface area contributed by atoms with Gasteiger partial charge in [-0.3, -0.25) is 0 Å². The molecule has 13 heavy (non-hydrogen) atoms.